The van der Waals surface area contributed by atoms with Gasteiger partial charge in [0.15, 0.2) is 0 Å². The minimum atomic E-state index is -0.934. The van der Waals surface area contributed by atoms with Gasteiger partial charge in [-0.25, -0.2) is 0 Å². The number of unbranched alkanes of at least 4 members (excludes halogenated alkanes) is 1. The molecular weight excluding hydrogens is 430 g/mol. The Morgan fingerprint density at radius 1 is 1.00 bits per heavy atom. The number of aliphatic carboxylic acids is 1. The second kappa shape index (κ2) is 10.5. The van der Waals surface area contributed by atoms with E-state index in [1.54, 1.807) is 0 Å². The van der Waals surface area contributed by atoms with Gasteiger partial charge in [0, 0.05) is 13.0 Å². The number of hydrogen-bond acceptors (Lipinski definition) is 5. The van der Waals surface area contributed by atoms with Crippen molar-refractivity contribution in [3.05, 3.63) is 0 Å². The number of carboxylic acids is 1. The smallest absolute Gasteiger partial charge is 0.323 e. The third kappa shape index (κ3) is 4.91. The summed E-state index contributed by atoms with van der Waals surface area (Å²) in [6.45, 7) is 5.44. The minimum Gasteiger partial charge on any atom is -0.481 e. The normalized spacial score (nSPS) is 42.2. The fourth-order valence-electron chi connectivity index (χ4n) is 9.06. The molecule has 0 aromatic rings. The Morgan fingerprint density at radius 3 is 2.47 bits per heavy atom. The number of hydrogen-bond donors (Lipinski definition) is 3. The lowest BCUT2D eigenvalue weighted by molar-refractivity contribution is -0.164. The summed E-state index contributed by atoms with van der Waals surface area (Å²) in [7, 11) is 0. The Morgan fingerprint density at radius 2 is 1.74 bits per heavy atom. The largest absolute Gasteiger partial charge is 0.481 e. The first-order valence-corrected chi connectivity index (χ1v) is 14.0. The predicted molar refractivity (Wildman–Crippen MR) is 131 cm³/mol. The van der Waals surface area contributed by atoms with Gasteiger partial charge in [-0.05, 0) is 117 Å². The van der Waals surface area contributed by atoms with E-state index in [2.05, 4.69) is 13.8 Å². The summed E-state index contributed by atoms with van der Waals surface area (Å²) in [6, 6.07) is -0.844. The van der Waals surface area contributed by atoms with Crippen molar-refractivity contribution >= 4 is 11.9 Å². The molecule has 0 radical (unpaired) electrons. The summed E-state index contributed by atoms with van der Waals surface area (Å²) in [5.41, 5.74) is 6.71. The van der Waals surface area contributed by atoms with Gasteiger partial charge in [-0.1, -0.05) is 20.3 Å². The number of fused-ring (bicyclic) bond motifs is 5. The van der Waals surface area contributed by atoms with Gasteiger partial charge in [-0.2, -0.15) is 0 Å². The number of aliphatic hydroxyl groups excluding tert-OH is 1. The first kappa shape index (κ1) is 25.9. The quantitative estimate of drug-likeness (QED) is 0.321. The lowest BCUT2D eigenvalue weighted by Crippen LogP contribution is -2.54. The molecule has 4 aliphatic rings. The van der Waals surface area contributed by atoms with Crippen molar-refractivity contribution in [3.8, 4) is 0 Å². The summed E-state index contributed by atoms with van der Waals surface area (Å²) < 4.78 is 5.79. The highest BCUT2D eigenvalue weighted by Crippen LogP contribution is 2.68. The van der Waals surface area contributed by atoms with Crippen LogP contribution in [-0.2, 0) is 14.3 Å². The van der Waals surface area contributed by atoms with E-state index in [-0.39, 0.29) is 18.9 Å². The lowest BCUT2D eigenvalue weighted by Gasteiger charge is -2.61. The molecule has 0 aromatic heterocycles. The monoisotopic (exact) mass is 477 g/mol. The number of carbonyl (C=O) groups is 2. The van der Waals surface area contributed by atoms with Crippen LogP contribution in [0.3, 0.4) is 0 Å². The van der Waals surface area contributed by atoms with E-state index in [9.17, 15) is 14.7 Å². The van der Waals surface area contributed by atoms with Gasteiger partial charge in [0.05, 0.1) is 0 Å². The van der Waals surface area contributed by atoms with E-state index < -0.39 is 18.0 Å². The van der Waals surface area contributed by atoms with Crippen molar-refractivity contribution in [3.63, 3.8) is 0 Å². The molecule has 4 aliphatic carbocycles. The van der Waals surface area contributed by atoms with Gasteiger partial charge in [-0.15, -0.1) is 0 Å². The zero-order chi connectivity index (χ0) is 24.5. The van der Waals surface area contributed by atoms with Gasteiger partial charge < -0.3 is 20.7 Å². The molecule has 9 unspecified atom stereocenters. The average molecular weight is 478 g/mol. The molecule has 34 heavy (non-hydrogen) atoms. The van der Waals surface area contributed by atoms with Crippen LogP contribution in [0.1, 0.15) is 104 Å². The predicted octanol–water partition coefficient (Wildman–Crippen LogP) is 4.91. The van der Waals surface area contributed by atoms with Crippen LogP contribution in [0.5, 0.6) is 0 Å². The Labute approximate surface area is 205 Å². The fraction of sp³-hybridized carbons (Fsp3) is 0.929. The minimum absolute atomic E-state index is 0.0748. The number of ether oxygens (including phenoxy) is 1. The Kier molecular flexibility index (Phi) is 7.98. The zero-order valence-electron chi connectivity index (χ0n) is 21.3. The zero-order valence-corrected chi connectivity index (χ0v) is 21.3. The Hall–Kier alpha value is -1.14. The van der Waals surface area contributed by atoms with Crippen LogP contribution >= 0.6 is 0 Å². The third-order valence-electron chi connectivity index (χ3n) is 11.0. The molecule has 0 amide bonds. The summed E-state index contributed by atoms with van der Waals surface area (Å²) in [4.78, 5) is 23.2. The maximum Gasteiger partial charge on any atom is 0.323 e. The lowest BCUT2D eigenvalue weighted by atomic mass is 9.44. The van der Waals surface area contributed by atoms with Gasteiger partial charge in [-0.3, -0.25) is 9.59 Å². The van der Waals surface area contributed by atoms with Crippen LogP contribution in [0, 0.1) is 40.4 Å². The maximum atomic E-state index is 12.4. The highest BCUT2D eigenvalue weighted by atomic mass is 16.5. The second-order valence-electron chi connectivity index (χ2n) is 12.6. The third-order valence-corrected chi connectivity index (χ3v) is 11.0. The molecule has 6 nitrogen and oxygen atoms in total. The number of nitrogens with two attached hydrogens (primary N) is 1. The van der Waals surface area contributed by atoms with E-state index in [0.717, 1.165) is 55.8 Å². The van der Waals surface area contributed by atoms with Crippen molar-refractivity contribution in [2.24, 2.45) is 46.2 Å². The molecule has 0 heterocycles. The van der Waals surface area contributed by atoms with Crippen molar-refractivity contribution in [2.75, 3.05) is 6.61 Å². The number of aliphatic hydroxyl groups is 1. The molecule has 0 saturated heterocycles. The number of carbonyl (C=O) groups excluding carboxylic acids is 1. The summed E-state index contributed by atoms with van der Waals surface area (Å²) >= 11 is 0. The SMILES string of the molecule is CC12CCC3C(CCC4CC(OC(=O)C(N)CCC(=O)O)CCC43C)C1CCC2CCCCO. The molecular formula is C28H47NO5. The van der Waals surface area contributed by atoms with Crippen LogP contribution in [0.15, 0.2) is 0 Å². The summed E-state index contributed by atoms with van der Waals surface area (Å²) in [5.74, 6) is 2.54. The van der Waals surface area contributed by atoms with Gasteiger partial charge >= 0.3 is 11.9 Å². The van der Waals surface area contributed by atoms with Gasteiger partial charge in [0.2, 0.25) is 0 Å². The van der Waals surface area contributed by atoms with E-state index >= 15 is 0 Å². The van der Waals surface area contributed by atoms with Crippen molar-refractivity contribution in [1.82, 2.24) is 0 Å². The summed E-state index contributed by atoms with van der Waals surface area (Å²) in [6.07, 6.45) is 14.3. The molecule has 9 atom stereocenters. The van der Waals surface area contributed by atoms with Crippen LogP contribution < -0.4 is 5.73 Å². The molecule has 194 valence electrons. The van der Waals surface area contributed by atoms with E-state index in [4.69, 9.17) is 15.6 Å². The Bertz CT molecular complexity index is 742. The first-order valence-electron chi connectivity index (χ1n) is 14.0. The van der Waals surface area contributed by atoms with Crippen LogP contribution in [-0.4, -0.2) is 40.9 Å². The molecule has 0 spiro atoms. The van der Waals surface area contributed by atoms with E-state index in [1.807, 2.05) is 0 Å². The van der Waals surface area contributed by atoms with Gasteiger partial charge in [0.25, 0.3) is 0 Å². The van der Waals surface area contributed by atoms with Crippen LogP contribution in [0.4, 0.5) is 0 Å². The number of rotatable bonds is 9. The molecule has 0 aromatic carbocycles. The average Bonchev–Trinajstić information content (AvgIpc) is 3.14. The van der Waals surface area contributed by atoms with Crippen LogP contribution in [0.2, 0.25) is 0 Å². The van der Waals surface area contributed by atoms with E-state index in [1.165, 1.54) is 44.9 Å². The number of carboxylic acid groups (broad SMARTS) is 1. The molecule has 4 fully saturated rings. The molecule has 0 aliphatic heterocycles. The van der Waals surface area contributed by atoms with E-state index in [0.29, 0.717) is 23.4 Å². The first-order chi connectivity index (χ1) is 16.2. The fourth-order valence-corrected chi connectivity index (χ4v) is 9.06. The molecule has 6 heteroatoms. The number of esters is 1. The topological polar surface area (TPSA) is 110 Å². The van der Waals surface area contributed by atoms with Crippen LogP contribution in [0.25, 0.3) is 0 Å². The molecule has 4 rings (SSSR count). The van der Waals surface area contributed by atoms with Crippen molar-refractivity contribution in [1.29, 1.82) is 0 Å². The molecule has 0 bridgehead atoms. The molecule has 4 N–H and O–H groups in total. The van der Waals surface area contributed by atoms with Gasteiger partial charge in [0.1, 0.15) is 12.1 Å². The van der Waals surface area contributed by atoms with Crippen molar-refractivity contribution < 1.29 is 24.5 Å². The maximum absolute atomic E-state index is 12.4. The standard InChI is InChI=1S/C28H47NO5/c1-27-15-13-23-21(22(27)9-7-18(27)5-3-4-16-30)8-6-19-17-20(12-14-28(19,23)2)34-26(33)24(29)10-11-25(31)32/h18-24,30H,3-17,29H2,1-2H3,(H,31,32). The Balaban J connectivity index is 1.36. The van der Waals surface area contributed by atoms with Crippen molar-refractivity contribution in [2.45, 2.75) is 116 Å². The highest BCUT2D eigenvalue weighted by molar-refractivity contribution is 5.76. The second-order valence-corrected chi connectivity index (χ2v) is 12.6. The summed E-state index contributed by atoms with van der Waals surface area (Å²) in [5, 5.41) is 18.0. The highest BCUT2D eigenvalue weighted by Gasteiger charge is 2.60. The molecule has 4 saturated carbocycles.